The maximum atomic E-state index is 13.7. The highest BCUT2D eigenvalue weighted by atomic mass is 19.4. The van der Waals surface area contributed by atoms with Crippen molar-refractivity contribution in [1.29, 1.82) is 0 Å². The standard InChI is InChI=1S/C29H28F3N7O4/c1-18(40)17-35-28-34-9-8-24(37-28)39-11-10-33-26(39)25(41)19-2-5-21(6-3-19)36-27(42)20-4-7-22(29(30,31)32)23(16-20)38-12-14-43-15-13-38/h2-11,16,18,40H,12-15,17H2,1H3,(H,36,42)(H,34,35,37)/t18-/m0/s1. The van der Waals surface area contributed by atoms with Crippen molar-refractivity contribution in [2.24, 2.45) is 0 Å². The zero-order valence-corrected chi connectivity index (χ0v) is 23.0. The number of nitrogens with one attached hydrogen (secondary N) is 2. The fraction of sp³-hybridized carbons (Fsp3) is 0.276. The highest BCUT2D eigenvalue weighted by Gasteiger charge is 2.35. The number of alkyl halides is 3. The summed E-state index contributed by atoms with van der Waals surface area (Å²) in [7, 11) is 0. The van der Waals surface area contributed by atoms with Gasteiger partial charge in [0.25, 0.3) is 5.91 Å². The topological polar surface area (TPSA) is 134 Å². The van der Waals surface area contributed by atoms with Crippen LogP contribution in [0.25, 0.3) is 5.82 Å². The van der Waals surface area contributed by atoms with Gasteiger partial charge in [0.15, 0.2) is 5.82 Å². The third kappa shape index (κ3) is 6.98. The monoisotopic (exact) mass is 595 g/mol. The van der Waals surface area contributed by atoms with Crippen LogP contribution >= 0.6 is 0 Å². The van der Waals surface area contributed by atoms with Crippen molar-refractivity contribution in [3.8, 4) is 5.82 Å². The van der Waals surface area contributed by atoms with E-state index < -0.39 is 29.5 Å². The van der Waals surface area contributed by atoms with Crippen molar-refractivity contribution < 1.29 is 32.6 Å². The van der Waals surface area contributed by atoms with Gasteiger partial charge in [0.05, 0.1) is 24.9 Å². The van der Waals surface area contributed by atoms with Crippen molar-refractivity contribution in [2.75, 3.05) is 48.4 Å². The molecule has 1 atom stereocenters. The second-order valence-corrected chi connectivity index (χ2v) is 9.78. The molecule has 11 nitrogen and oxygen atoms in total. The second-order valence-electron chi connectivity index (χ2n) is 9.78. The lowest BCUT2D eigenvalue weighted by molar-refractivity contribution is -0.137. The van der Waals surface area contributed by atoms with E-state index in [0.717, 1.165) is 12.1 Å². The molecular formula is C29H28F3N7O4. The number of aliphatic hydroxyl groups is 1. The first-order chi connectivity index (χ1) is 20.6. The Kier molecular flexibility index (Phi) is 8.68. The number of imidazole rings is 1. The number of aromatic nitrogens is 4. The number of carbonyl (C=O) groups is 2. The highest BCUT2D eigenvalue weighted by molar-refractivity contribution is 6.08. The van der Waals surface area contributed by atoms with Crippen molar-refractivity contribution in [3.63, 3.8) is 0 Å². The van der Waals surface area contributed by atoms with E-state index in [1.165, 1.54) is 47.3 Å². The van der Waals surface area contributed by atoms with Crippen LogP contribution in [0.1, 0.15) is 39.0 Å². The van der Waals surface area contributed by atoms with Crippen LogP contribution in [-0.2, 0) is 10.9 Å². The zero-order valence-electron chi connectivity index (χ0n) is 23.0. The molecule has 2 aromatic carbocycles. The first kappa shape index (κ1) is 29.7. The molecule has 3 heterocycles. The summed E-state index contributed by atoms with van der Waals surface area (Å²) < 4.78 is 47.8. The molecule has 0 spiro atoms. The van der Waals surface area contributed by atoms with E-state index in [1.807, 2.05) is 0 Å². The molecule has 224 valence electrons. The molecule has 1 aliphatic rings. The van der Waals surface area contributed by atoms with E-state index in [1.54, 1.807) is 24.1 Å². The number of morpholine rings is 1. The van der Waals surface area contributed by atoms with Gasteiger partial charge in [-0.1, -0.05) is 0 Å². The van der Waals surface area contributed by atoms with Crippen LogP contribution in [-0.4, -0.2) is 75.3 Å². The smallest absolute Gasteiger partial charge is 0.392 e. The number of benzene rings is 2. The van der Waals surface area contributed by atoms with Gasteiger partial charge in [-0.05, 0) is 55.5 Å². The van der Waals surface area contributed by atoms with E-state index in [4.69, 9.17) is 4.74 Å². The summed E-state index contributed by atoms with van der Waals surface area (Å²) in [5.74, 6) is -0.242. The molecule has 0 aliphatic carbocycles. The number of rotatable bonds is 9. The Bertz CT molecular complexity index is 1600. The van der Waals surface area contributed by atoms with Crippen LogP contribution in [0.15, 0.2) is 67.1 Å². The molecule has 4 aromatic rings. The lowest BCUT2D eigenvalue weighted by Crippen LogP contribution is -2.37. The van der Waals surface area contributed by atoms with Crippen LogP contribution in [0.5, 0.6) is 0 Å². The van der Waals surface area contributed by atoms with Crippen molar-refractivity contribution >= 4 is 29.0 Å². The molecule has 3 N–H and O–H groups in total. The molecule has 1 saturated heterocycles. The summed E-state index contributed by atoms with van der Waals surface area (Å²) in [5.41, 5.74) is -0.196. The summed E-state index contributed by atoms with van der Waals surface area (Å²) in [4.78, 5) is 40.5. The van der Waals surface area contributed by atoms with Gasteiger partial charge in [0.2, 0.25) is 11.7 Å². The van der Waals surface area contributed by atoms with Crippen LogP contribution in [0.4, 0.5) is 30.5 Å². The summed E-state index contributed by atoms with van der Waals surface area (Å²) in [6.07, 6.45) is -0.628. The number of carbonyl (C=O) groups excluding carboxylic acids is 2. The summed E-state index contributed by atoms with van der Waals surface area (Å²) >= 11 is 0. The highest BCUT2D eigenvalue weighted by Crippen LogP contribution is 2.37. The number of ether oxygens (including phenoxy) is 1. The van der Waals surface area contributed by atoms with Gasteiger partial charge in [0, 0.05) is 60.7 Å². The van der Waals surface area contributed by atoms with E-state index in [-0.39, 0.29) is 48.2 Å². The maximum absolute atomic E-state index is 13.7. The minimum atomic E-state index is -4.58. The Morgan fingerprint density at radius 1 is 1.02 bits per heavy atom. The van der Waals surface area contributed by atoms with E-state index in [2.05, 4.69) is 25.6 Å². The first-order valence-electron chi connectivity index (χ1n) is 13.4. The number of aliphatic hydroxyl groups excluding tert-OH is 1. The molecule has 0 saturated carbocycles. The Hall–Kier alpha value is -4.82. The normalized spacial score (nSPS) is 14.3. The molecule has 5 rings (SSSR count). The van der Waals surface area contributed by atoms with E-state index in [0.29, 0.717) is 24.7 Å². The van der Waals surface area contributed by atoms with E-state index >= 15 is 0 Å². The summed E-state index contributed by atoms with van der Waals surface area (Å²) in [6.45, 7) is 3.01. The van der Waals surface area contributed by atoms with Gasteiger partial charge in [-0.15, -0.1) is 0 Å². The quantitative estimate of drug-likeness (QED) is 0.247. The molecule has 1 fully saturated rings. The molecule has 14 heteroatoms. The molecular weight excluding hydrogens is 567 g/mol. The first-order valence-corrected chi connectivity index (χ1v) is 13.4. The number of nitrogens with zero attached hydrogens (tertiary/aromatic N) is 5. The molecule has 0 radical (unpaired) electrons. The minimum Gasteiger partial charge on any atom is -0.392 e. The number of halogens is 3. The Morgan fingerprint density at radius 2 is 1.74 bits per heavy atom. The van der Waals surface area contributed by atoms with Crippen molar-refractivity contribution in [3.05, 3.63) is 89.6 Å². The number of amides is 1. The van der Waals surface area contributed by atoms with Crippen molar-refractivity contribution in [1.82, 2.24) is 19.5 Å². The van der Waals surface area contributed by atoms with Gasteiger partial charge in [0.1, 0.15) is 5.82 Å². The fourth-order valence-corrected chi connectivity index (χ4v) is 4.48. The van der Waals surface area contributed by atoms with Gasteiger partial charge < -0.3 is 25.4 Å². The summed E-state index contributed by atoms with van der Waals surface area (Å²) in [5, 5.41) is 15.1. The van der Waals surface area contributed by atoms with Gasteiger partial charge in [-0.25, -0.2) is 9.97 Å². The Morgan fingerprint density at radius 3 is 2.44 bits per heavy atom. The van der Waals surface area contributed by atoms with Gasteiger partial charge in [-0.2, -0.15) is 18.2 Å². The molecule has 2 aromatic heterocycles. The zero-order chi connectivity index (χ0) is 30.6. The summed E-state index contributed by atoms with van der Waals surface area (Å²) in [6, 6.07) is 11.0. The minimum absolute atomic E-state index is 0.0591. The number of hydrogen-bond donors (Lipinski definition) is 3. The molecule has 1 amide bonds. The fourth-order valence-electron chi connectivity index (χ4n) is 4.48. The Labute approximate surface area is 244 Å². The van der Waals surface area contributed by atoms with Gasteiger partial charge >= 0.3 is 6.18 Å². The molecule has 0 unspecified atom stereocenters. The largest absolute Gasteiger partial charge is 0.418 e. The van der Waals surface area contributed by atoms with Crippen LogP contribution in [0, 0.1) is 0 Å². The second kappa shape index (κ2) is 12.6. The number of hydrogen-bond acceptors (Lipinski definition) is 9. The molecule has 0 bridgehead atoms. The predicted molar refractivity (Wildman–Crippen MR) is 152 cm³/mol. The van der Waals surface area contributed by atoms with E-state index in [9.17, 15) is 27.9 Å². The molecule has 1 aliphatic heterocycles. The SMILES string of the molecule is C[C@H](O)CNc1nccc(-n2ccnc2C(=O)c2ccc(NC(=O)c3ccc(C(F)(F)F)c(N4CCOCC4)c3)cc2)n1. The lowest BCUT2D eigenvalue weighted by atomic mass is 10.1. The average molecular weight is 596 g/mol. The third-order valence-corrected chi connectivity index (χ3v) is 6.61. The van der Waals surface area contributed by atoms with Crippen LogP contribution < -0.4 is 15.5 Å². The van der Waals surface area contributed by atoms with Crippen LogP contribution in [0.3, 0.4) is 0 Å². The van der Waals surface area contributed by atoms with Crippen molar-refractivity contribution in [2.45, 2.75) is 19.2 Å². The molecule has 43 heavy (non-hydrogen) atoms. The van der Waals surface area contributed by atoms with Crippen LogP contribution in [0.2, 0.25) is 0 Å². The predicted octanol–water partition coefficient (Wildman–Crippen LogP) is 3.79. The Balaban J connectivity index is 1.31. The average Bonchev–Trinajstić information content (AvgIpc) is 3.50. The maximum Gasteiger partial charge on any atom is 0.418 e. The van der Waals surface area contributed by atoms with Gasteiger partial charge in [-0.3, -0.25) is 14.2 Å². The third-order valence-electron chi connectivity index (χ3n) is 6.61. The number of ketones is 1. The number of anilines is 3. The lowest BCUT2D eigenvalue weighted by Gasteiger charge is -2.31.